The zero-order valence-electron chi connectivity index (χ0n) is 14.3. The Bertz CT molecular complexity index is 1220. The van der Waals surface area contributed by atoms with Crippen molar-refractivity contribution in [2.24, 2.45) is 0 Å². The van der Waals surface area contributed by atoms with Gasteiger partial charge in [-0.05, 0) is 39.2 Å². The molecule has 0 spiro atoms. The van der Waals surface area contributed by atoms with Crippen molar-refractivity contribution in [2.45, 2.75) is 26.0 Å². The summed E-state index contributed by atoms with van der Waals surface area (Å²) in [6, 6.07) is 19.8. The van der Waals surface area contributed by atoms with Crippen LogP contribution in [0.25, 0.3) is 32.8 Å². The van der Waals surface area contributed by atoms with Crippen LogP contribution in [0.1, 0.15) is 25.0 Å². The van der Waals surface area contributed by atoms with E-state index in [0.717, 1.165) is 5.75 Å². The van der Waals surface area contributed by atoms with Gasteiger partial charge in [0.25, 0.3) is 6.73 Å². The van der Waals surface area contributed by atoms with Gasteiger partial charge in [0.2, 0.25) is 5.69 Å². The fourth-order valence-corrected chi connectivity index (χ4v) is 4.84. The summed E-state index contributed by atoms with van der Waals surface area (Å²) in [6.45, 7) is 5.26. The molecule has 2 heteroatoms. The maximum absolute atomic E-state index is 6.18. The molecule has 6 rings (SSSR count). The van der Waals surface area contributed by atoms with Crippen LogP contribution in [0.5, 0.6) is 5.75 Å². The van der Waals surface area contributed by atoms with Crippen LogP contribution in [-0.4, -0.2) is 0 Å². The van der Waals surface area contributed by atoms with Gasteiger partial charge in [-0.3, -0.25) is 0 Å². The van der Waals surface area contributed by atoms with Gasteiger partial charge in [-0.2, -0.15) is 4.57 Å². The molecule has 0 N–H and O–H groups in total. The van der Waals surface area contributed by atoms with Gasteiger partial charge in [0.1, 0.15) is 5.75 Å². The lowest BCUT2D eigenvalue weighted by Crippen LogP contribution is -2.41. The highest BCUT2D eigenvalue weighted by Gasteiger charge is 2.46. The zero-order chi connectivity index (χ0) is 16.8. The maximum atomic E-state index is 6.18. The minimum atomic E-state index is -0.0297. The molecule has 2 aliphatic rings. The van der Waals surface area contributed by atoms with Gasteiger partial charge in [-0.15, -0.1) is 0 Å². The van der Waals surface area contributed by atoms with Gasteiger partial charge in [-0.1, -0.05) is 50.2 Å². The lowest BCUT2D eigenvalue weighted by atomic mass is 9.80. The second-order valence-electron chi connectivity index (χ2n) is 7.65. The number of nitrogens with zero attached hydrogens (tertiary/aromatic N) is 1. The minimum absolute atomic E-state index is 0.0297. The van der Waals surface area contributed by atoms with E-state index in [9.17, 15) is 0 Å². The lowest BCUT2D eigenvalue weighted by Gasteiger charge is -2.22. The van der Waals surface area contributed by atoms with Crippen LogP contribution in [0.3, 0.4) is 0 Å². The second kappa shape index (κ2) is 4.20. The van der Waals surface area contributed by atoms with Crippen molar-refractivity contribution in [1.82, 2.24) is 0 Å². The van der Waals surface area contributed by atoms with E-state index in [1.54, 1.807) is 0 Å². The summed E-state index contributed by atoms with van der Waals surface area (Å²) >= 11 is 0. The molecular weight excluding hydrogens is 306 g/mol. The predicted octanol–water partition coefficient (Wildman–Crippen LogP) is 4.94. The molecule has 0 atom stereocenters. The molecule has 0 radical (unpaired) electrons. The number of ether oxygens (including phenoxy) is 1. The van der Waals surface area contributed by atoms with E-state index in [1.807, 2.05) is 0 Å². The Balaban J connectivity index is 1.88. The number of hydrogen-bond acceptors (Lipinski definition) is 1. The Kier molecular flexibility index (Phi) is 2.26. The van der Waals surface area contributed by atoms with E-state index >= 15 is 0 Å². The van der Waals surface area contributed by atoms with Crippen LogP contribution < -0.4 is 9.30 Å². The van der Waals surface area contributed by atoms with Gasteiger partial charge in [0.15, 0.2) is 6.20 Å². The molecule has 1 aliphatic carbocycles. The molecule has 0 bridgehead atoms. The summed E-state index contributed by atoms with van der Waals surface area (Å²) in [5, 5.41) is 5.21. The van der Waals surface area contributed by atoms with Crippen molar-refractivity contribution in [1.29, 1.82) is 0 Å². The quantitative estimate of drug-likeness (QED) is 0.330. The standard InChI is InChI=1S/C23H18NO/c1-23(2)18-8-5-11-24-13-25-19-12-17-15-7-4-3-6-14(15)9-10-16(17)21(23)20(19)22(18)24/h3-12H,13H2,1-2H3/q+1. The first-order valence-electron chi connectivity index (χ1n) is 8.81. The summed E-state index contributed by atoms with van der Waals surface area (Å²) in [7, 11) is 0. The van der Waals surface area contributed by atoms with Gasteiger partial charge in [0, 0.05) is 17.0 Å². The number of hydrogen-bond donors (Lipinski definition) is 0. The molecule has 1 aliphatic heterocycles. The topological polar surface area (TPSA) is 13.1 Å². The summed E-state index contributed by atoms with van der Waals surface area (Å²) in [5.74, 6) is 1.02. The number of pyridine rings is 1. The van der Waals surface area contributed by atoms with Crippen LogP contribution in [0.15, 0.2) is 60.8 Å². The van der Waals surface area contributed by atoms with Gasteiger partial charge in [0.05, 0.1) is 5.56 Å². The summed E-state index contributed by atoms with van der Waals surface area (Å²) < 4.78 is 8.42. The Morgan fingerprint density at radius 1 is 0.920 bits per heavy atom. The van der Waals surface area contributed by atoms with Crippen molar-refractivity contribution in [3.8, 4) is 17.0 Å². The first kappa shape index (κ1) is 13.4. The molecule has 0 saturated heterocycles. The molecule has 0 fully saturated rings. The van der Waals surface area contributed by atoms with Crippen molar-refractivity contribution < 1.29 is 9.30 Å². The van der Waals surface area contributed by atoms with Crippen LogP contribution >= 0.6 is 0 Å². The normalized spacial score (nSPS) is 16.1. The molecule has 1 aromatic heterocycles. The molecular formula is C23H18NO+. The van der Waals surface area contributed by atoms with Crippen LogP contribution in [0.4, 0.5) is 0 Å². The third-order valence-electron chi connectivity index (χ3n) is 5.98. The first-order chi connectivity index (χ1) is 12.2. The van der Waals surface area contributed by atoms with E-state index < -0.39 is 0 Å². The molecule has 0 unspecified atom stereocenters. The number of rotatable bonds is 0. The van der Waals surface area contributed by atoms with E-state index in [0.29, 0.717) is 6.73 Å². The molecule has 2 heterocycles. The molecule has 0 amide bonds. The van der Waals surface area contributed by atoms with E-state index in [1.165, 1.54) is 43.9 Å². The van der Waals surface area contributed by atoms with Crippen molar-refractivity contribution in [3.63, 3.8) is 0 Å². The fourth-order valence-electron chi connectivity index (χ4n) is 4.84. The number of fused-ring (bicyclic) bond motifs is 4. The average Bonchev–Trinajstić information content (AvgIpc) is 2.89. The fraction of sp³-hybridized carbons (Fsp3) is 0.174. The summed E-state index contributed by atoms with van der Waals surface area (Å²) in [4.78, 5) is 0. The van der Waals surface area contributed by atoms with Crippen LogP contribution in [-0.2, 0) is 12.1 Å². The average molecular weight is 324 g/mol. The Hall–Kier alpha value is -2.87. The van der Waals surface area contributed by atoms with E-state index in [-0.39, 0.29) is 5.41 Å². The van der Waals surface area contributed by atoms with Crippen molar-refractivity contribution >= 4 is 21.5 Å². The first-order valence-corrected chi connectivity index (χ1v) is 8.81. The largest absolute Gasteiger partial charge is 0.435 e. The lowest BCUT2D eigenvalue weighted by molar-refractivity contribution is -0.717. The third-order valence-corrected chi connectivity index (χ3v) is 5.98. The van der Waals surface area contributed by atoms with Crippen molar-refractivity contribution in [2.75, 3.05) is 0 Å². The highest BCUT2D eigenvalue weighted by atomic mass is 16.5. The minimum Gasteiger partial charge on any atom is -0.435 e. The molecule has 2 nitrogen and oxygen atoms in total. The predicted molar refractivity (Wildman–Crippen MR) is 99.8 cm³/mol. The highest BCUT2D eigenvalue weighted by Crippen LogP contribution is 2.55. The molecule has 0 saturated carbocycles. The second-order valence-corrected chi connectivity index (χ2v) is 7.65. The summed E-state index contributed by atoms with van der Waals surface area (Å²) in [6.07, 6.45) is 2.12. The molecule has 25 heavy (non-hydrogen) atoms. The monoisotopic (exact) mass is 324 g/mol. The van der Waals surface area contributed by atoms with Crippen molar-refractivity contribution in [3.05, 3.63) is 71.9 Å². The highest BCUT2D eigenvalue weighted by molar-refractivity contribution is 6.12. The number of aromatic nitrogens is 1. The van der Waals surface area contributed by atoms with E-state index in [2.05, 4.69) is 79.2 Å². The van der Waals surface area contributed by atoms with Gasteiger partial charge >= 0.3 is 0 Å². The smallest absolute Gasteiger partial charge is 0.292 e. The van der Waals surface area contributed by atoms with Crippen LogP contribution in [0, 0.1) is 0 Å². The van der Waals surface area contributed by atoms with E-state index in [4.69, 9.17) is 4.74 Å². The Labute approximate surface area is 146 Å². The van der Waals surface area contributed by atoms with Gasteiger partial charge in [-0.25, -0.2) is 0 Å². The zero-order valence-corrected chi connectivity index (χ0v) is 14.3. The number of benzene rings is 3. The molecule has 120 valence electrons. The third kappa shape index (κ3) is 1.49. The van der Waals surface area contributed by atoms with Gasteiger partial charge < -0.3 is 4.74 Å². The maximum Gasteiger partial charge on any atom is 0.292 e. The Morgan fingerprint density at radius 3 is 2.72 bits per heavy atom. The molecule has 3 aromatic carbocycles. The molecule has 4 aromatic rings. The SMILES string of the molecule is CC1(C)c2ccc[n+]3c2-c2c(cc4c(ccc5ccccc54)c21)OC3. The van der Waals surface area contributed by atoms with Crippen LogP contribution in [0.2, 0.25) is 0 Å². The Morgan fingerprint density at radius 2 is 1.80 bits per heavy atom. The summed E-state index contributed by atoms with van der Waals surface area (Å²) in [5.41, 5.74) is 5.39.